The zero-order valence-corrected chi connectivity index (χ0v) is 49.3. The molecule has 0 fully saturated rings. The van der Waals surface area contributed by atoms with E-state index >= 15 is 0 Å². The predicted octanol–water partition coefficient (Wildman–Crippen LogP) is 14.8. The van der Waals surface area contributed by atoms with Gasteiger partial charge in [0.2, 0.25) is 0 Å². The van der Waals surface area contributed by atoms with Crippen molar-refractivity contribution in [3.05, 3.63) is 0 Å². The zero-order chi connectivity index (χ0) is 55.5. The lowest BCUT2D eigenvalue weighted by Crippen LogP contribution is -2.30. The lowest BCUT2D eigenvalue weighted by atomic mass is 10.0. The Kier molecular flexibility index (Phi) is 50.2. The molecule has 0 aromatic carbocycles. The van der Waals surface area contributed by atoms with Crippen molar-refractivity contribution in [1.29, 1.82) is 0 Å². The quantitative estimate of drug-likeness (QED) is 0.0222. The lowest BCUT2D eigenvalue weighted by molar-refractivity contribution is -0.161. The Bertz CT molecular complexity index is 1470. The molecule has 0 saturated heterocycles. The Morgan fingerprint density at radius 1 is 0.320 bits per heavy atom. The van der Waals surface area contributed by atoms with Gasteiger partial charge in [-0.3, -0.25) is 37.3 Å². The van der Waals surface area contributed by atoms with Gasteiger partial charge >= 0.3 is 39.5 Å². The van der Waals surface area contributed by atoms with Crippen LogP contribution < -0.4 is 0 Å². The minimum absolute atomic E-state index is 0.0990. The van der Waals surface area contributed by atoms with Crippen LogP contribution in [0.5, 0.6) is 0 Å². The molecule has 0 spiro atoms. The van der Waals surface area contributed by atoms with E-state index in [0.717, 1.165) is 96.3 Å². The van der Waals surface area contributed by atoms with E-state index in [-0.39, 0.29) is 25.7 Å². The number of aliphatic hydroxyl groups excluding tert-OH is 1. The summed E-state index contributed by atoms with van der Waals surface area (Å²) in [6.45, 7) is 4.65. The minimum atomic E-state index is -4.93. The van der Waals surface area contributed by atoms with Crippen LogP contribution >= 0.6 is 15.6 Å². The highest BCUT2D eigenvalue weighted by Gasteiger charge is 2.30. The second-order valence-electron chi connectivity index (χ2n) is 20.3. The molecule has 5 atom stereocenters. The predicted molar refractivity (Wildman–Crippen MR) is 294 cm³/mol. The molecule has 0 aliphatic rings. The molecular formula is C56H108O17P2. The topological polar surface area (TPSA) is 237 Å². The van der Waals surface area contributed by atoms with Crippen LogP contribution in [0, 0.1) is 0 Å². The summed E-state index contributed by atoms with van der Waals surface area (Å²) in [5.41, 5.74) is 0. The highest BCUT2D eigenvalue weighted by molar-refractivity contribution is 7.47. The van der Waals surface area contributed by atoms with E-state index in [1.54, 1.807) is 0 Å². The van der Waals surface area contributed by atoms with Gasteiger partial charge in [0, 0.05) is 25.7 Å². The molecule has 0 aliphatic carbocycles. The SMILES string of the molecule is CCCCCCCCCCCCCCCCC(=O)O[C@H](COC(=O)CCCCCCCCCCCCC)COP(=O)(O)OC[C@@H](O)COP(=O)(O)OC[C@@H](COC(=O)CCCCCCC)OC(=O)CCCCCCC. The summed E-state index contributed by atoms with van der Waals surface area (Å²) in [4.78, 5) is 71.3. The maximum atomic E-state index is 12.9. The number of hydrogen-bond donors (Lipinski definition) is 3. The molecular weight excluding hydrogens is 1010 g/mol. The molecule has 0 aliphatic heterocycles. The van der Waals surface area contributed by atoms with Gasteiger partial charge in [0.25, 0.3) is 0 Å². The molecule has 3 N–H and O–H groups in total. The molecule has 19 heteroatoms. The van der Waals surface area contributed by atoms with Crippen molar-refractivity contribution in [3.8, 4) is 0 Å². The normalized spacial score (nSPS) is 14.4. The number of carbonyl (C=O) groups is 4. The van der Waals surface area contributed by atoms with Gasteiger partial charge in [0.05, 0.1) is 26.4 Å². The second-order valence-corrected chi connectivity index (χ2v) is 23.2. The summed E-state index contributed by atoms with van der Waals surface area (Å²) in [6.07, 6.45) is 34.1. The van der Waals surface area contributed by atoms with Crippen LogP contribution in [0.4, 0.5) is 0 Å². The highest BCUT2D eigenvalue weighted by Crippen LogP contribution is 2.45. The van der Waals surface area contributed by atoms with Gasteiger partial charge in [-0.25, -0.2) is 9.13 Å². The molecule has 0 aromatic rings. The second kappa shape index (κ2) is 51.5. The Morgan fingerprint density at radius 3 is 0.787 bits per heavy atom. The fourth-order valence-electron chi connectivity index (χ4n) is 8.22. The first-order valence-corrected chi connectivity index (χ1v) is 32.8. The minimum Gasteiger partial charge on any atom is -0.462 e. The summed E-state index contributed by atoms with van der Waals surface area (Å²) in [6, 6.07) is 0. The number of phosphoric acid groups is 2. The Balaban J connectivity index is 5.13. The van der Waals surface area contributed by atoms with Crippen molar-refractivity contribution in [2.45, 2.75) is 296 Å². The van der Waals surface area contributed by atoms with Gasteiger partial charge in [0.15, 0.2) is 12.2 Å². The number of carbonyl (C=O) groups excluding carboxylic acids is 4. The van der Waals surface area contributed by atoms with Gasteiger partial charge in [-0.2, -0.15) is 0 Å². The van der Waals surface area contributed by atoms with Gasteiger partial charge in [-0.1, -0.05) is 227 Å². The van der Waals surface area contributed by atoms with Crippen LogP contribution in [0.25, 0.3) is 0 Å². The van der Waals surface area contributed by atoms with Crippen molar-refractivity contribution in [3.63, 3.8) is 0 Å². The van der Waals surface area contributed by atoms with Crippen molar-refractivity contribution in [1.82, 2.24) is 0 Å². The summed E-state index contributed by atoms with van der Waals surface area (Å²) in [5, 5.41) is 10.4. The van der Waals surface area contributed by atoms with Gasteiger partial charge < -0.3 is 33.8 Å². The molecule has 0 heterocycles. The number of phosphoric ester groups is 2. The van der Waals surface area contributed by atoms with E-state index in [1.165, 1.54) is 103 Å². The van der Waals surface area contributed by atoms with Crippen molar-refractivity contribution in [2.24, 2.45) is 0 Å². The number of rotatable bonds is 57. The molecule has 2 unspecified atom stereocenters. The lowest BCUT2D eigenvalue weighted by Gasteiger charge is -2.21. The Morgan fingerprint density at radius 2 is 0.533 bits per heavy atom. The van der Waals surface area contributed by atoms with Gasteiger partial charge in [-0.15, -0.1) is 0 Å². The number of unbranched alkanes of at least 4 members (excludes halogenated alkanes) is 31. The molecule has 0 saturated carbocycles. The molecule has 0 bridgehead atoms. The van der Waals surface area contributed by atoms with Crippen LogP contribution in [-0.2, 0) is 65.4 Å². The van der Waals surface area contributed by atoms with Crippen LogP contribution in [0.3, 0.4) is 0 Å². The average molecular weight is 1120 g/mol. The first-order chi connectivity index (χ1) is 36.2. The maximum absolute atomic E-state index is 12.9. The van der Waals surface area contributed by atoms with Crippen LogP contribution in [0.2, 0.25) is 0 Å². The average Bonchev–Trinajstić information content (AvgIpc) is 3.38. The zero-order valence-electron chi connectivity index (χ0n) is 47.5. The molecule has 444 valence electrons. The largest absolute Gasteiger partial charge is 0.472 e. The molecule has 0 rings (SSSR count). The van der Waals surface area contributed by atoms with Gasteiger partial charge in [-0.05, 0) is 25.7 Å². The smallest absolute Gasteiger partial charge is 0.462 e. The van der Waals surface area contributed by atoms with Crippen molar-refractivity contribution in [2.75, 3.05) is 39.6 Å². The van der Waals surface area contributed by atoms with Gasteiger partial charge in [0.1, 0.15) is 19.3 Å². The van der Waals surface area contributed by atoms with Crippen LogP contribution in [0.1, 0.15) is 278 Å². The number of esters is 4. The summed E-state index contributed by atoms with van der Waals surface area (Å²) in [7, 11) is -9.85. The summed E-state index contributed by atoms with van der Waals surface area (Å²) in [5.74, 6) is -2.16. The number of aliphatic hydroxyl groups is 1. The van der Waals surface area contributed by atoms with E-state index < -0.39 is 97.5 Å². The van der Waals surface area contributed by atoms with Crippen molar-refractivity contribution < 1.29 is 80.2 Å². The maximum Gasteiger partial charge on any atom is 0.472 e. The third-order valence-electron chi connectivity index (χ3n) is 12.9. The molecule has 0 amide bonds. The molecule has 0 aromatic heterocycles. The third kappa shape index (κ3) is 51.3. The fraction of sp³-hybridized carbons (Fsp3) is 0.929. The highest BCUT2D eigenvalue weighted by atomic mass is 31.2. The molecule has 17 nitrogen and oxygen atoms in total. The van der Waals surface area contributed by atoms with E-state index in [1.807, 2.05) is 0 Å². The summed E-state index contributed by atoms with van der Waals surface area (Å²) < 4.78 is 67.2. The van der Waals surface area contributed by atoms with Crippen LogP contribution in [-0.4, -0.2) is 96.7 Å². The fourth-order valence-corrected chi connectivity index (χ4v) is 9.80. The third-order valence-corrected chi connectivity index (χ3v) is 14.8. The van der Waals surface area contributed by atoms with Crippen LogP contribution in [0.15, 0.2) is 0 Å². The van der Waals surface area contributed by atoms with E-state index in [2.05, 4.69) is 27.7 Å². The number of ether oxygens (including phenoxy) is 4. The molecule has 75 heavy (non-hydrogen) atoms. The first-order valence-electron chi connectivity index (χ1n) is 29.8. The summed E-state index contributed by atoms with van der Waals surface area (Å²) >= 11 is 0. The van der Waals surface area contributed by atoms with Crippen molar-refractivity contribution >= 4 is 39.5 Å². The van der Waals surface area contributed by atoms with E-state index in [0.29, 0.717) is 25.7 Å². The Labute approximate surface area is 454 Å². The Hall–Kier alpha value is -1.94. The molecule has 0 radical (unpaired) electrons. The standard InChI is InChI=1S/C56H108O17P2/c1-5-9-13-17-19-21-23-24-25-27-29-31-35-39-43-56(61)73-52(47-67-54(59)41-37-34-30-28-26-22-20-18-14-10-6-2)49-71-75(64,65)69-45-50(57)44-68-74(62,63)70-48-51(72-55(60)42-38-33-16-12-8-4)46-66-53(58)40-36-32-15-11-7-3/h50-52,57H,5-49H2,1-4H3,(H,62,63)(H,64,65)/t50-,51+,52+/m0/s1. The van der Waals surface area contributed by atoms with E-state index in [9.17, 15) is 43.2 Å². The van der Waals surface area contributed by atoms with E-state index in [4.69, 9.17) is 37.0 Å². The first kappa shape index (κ1) is 73.1. The number of hydrogen-bond acceptors (Lipinski definition) is 15. The monoisotopic (exact) mass is 1110 g/mol.